The van der Waals surface area contributed by atoms with Crippen LogP contribution in [0.1, 0.15) is 35.5 Å². The summed E-state index contributed by atoms with van der Waals surface area (Å²) < 4.78 is 5.26. The molecule has 0 unspecified atom stereocenters. The average molecular weight is 382 g/mol. The number of carbonyl (C=O) groups is 1. The summed E-state index contributed by atoms with van der Waals surface area (Å²) >= 11 is 6.37. The van der Waals surface area contributed by atoms with Crippen LogP contribution >= 0.6 is 11.6 Å². The lowest BCUT2D eigenvalue weighted by Crippen LogP contribution is -2.29. The molecule has 0 saturated carbocycles. The maximum atomic E-state index is 12.4. The van der Waals surface area contributed by atoms with Crippen LogP contribution in [0, 0.1) is 11.3 Å². The van der Waals surface area contributed by atoms with E-state index in [2.05, 4.69) is 15.3 Å². The number of allylic oxidation sites excluding steroid dienone is 1. The van der Waals surface area contributed by atoms with Crippen LogP contribution in [0.15, 0.2) is 53.4 Å². The molecule has 1 aromatic carbocycles. The number of rotatable bonds is 3. The van der Waals surface area contributed by atoms with Gasteiger partial charge in [0.25, 0.3) is 11.9 Å². The van der Waals surface area contributed by atoms with Crippen molar-refractivity contribution in [2.75, 3.05) is 5.32 Å². The van der Waals surface area contributed by atoms with Crippen molar-refractivity contribution in [1.29, 1.82) is 5.26 Å². The molecular formula is C19H16ClN5O2. The van der Waals surface area contributed by atoms with Gasteiger partial charge in [0.05, 0.1) is 5.56 Å². The molecule has 0 fully saturated rings. The highest BCUT2D eigenvalue weighted by molar-refractivity contribution is 6.31. The molecular weight excluding hydrogens is 366 g/mol. The summed E-state index contributed by atoms with van der Waals surface area (Å²) in [7, 11) is 0. The van der Waals surface area contributed by atoms with Gasteiger partial charge in [0.15, 0.2) is 0 Å². The SMILES string of the molecule is CC1=C[C@@](C)(c2cc(NC(=O)c3ccc(C#N)cn3)ccc2Cl)N=C(N)O1. The molecule has 7 nitrogen and oxygen atoms in total. The second-order valence-corrected chi connectivity index (χ2v) is 6.55. The third-order valence-corrected chi connectivity index (χ3v) is 4.32. The molecule has 3 rings (SSSR count). The van der Waals surface area contributed by atoms with Crippen LogP contribution < -0.4 is 11.1 Å². The summed E-state index contributed by atoms with van der Waals surface area (Å²) in [5, 5.41) is 12.1. The minimum absolute atomic E-state index is 0.0461. The molecule has 0 radical (unpaired) electrons. The van der Waals surface area contributed by atoms with Gasteiger partial charge in [0, 0.05) is 22.5 Å². The van der Waals surface area contributed by atoms with Crippen molar-refractivity contribution in [1.82, 2.24) is 4.98 Å². The van der Waals surface area contributed by atoms with E-state index >= 15 is 0 Å². The van der Waals surface area contributed by atoms with E-state index in [9.17, 15) is 4.79 Å². The lowest BCUT2D eigenvalue weighted by atomic mass is 9.91. The van der Waals surface area contributed by atoms with E-state index in [-0.39, 0.29) is 11.7 Å². The summed E-state index contributed by atoms with van der Waals surface area (Å²) in [5.74, 6) is 0.205. The van der Waals surface area contributed by atoms with Gasteiger partial charge in [0.2, 0.25) is 0 Å². The Hall–Kier alpha value is -3.37. The van der Waals surface area contributed by atoms with Gasteiger partial charge in [-0.2, -0.15) is 5.26 Å². The molecule has 1 aliphatic heterocycles. The number of aromatic nitrogens is 1. The zero-order valence-electron chi connectivity index (χ0n) is 14.7. The number of amidine groups is 1. The summed E-state index contributed by atoms with van der Waals surface area (Å²) in [4.78, 5) is 20.7. The standard InChI is InChI=1S/C19H16ClN5O2/c1-11-8-19(2,25-18(22)27-11)14-7-13(4-5-15(14)20)24-17(26)16-6-3-12(9-21)10-23-16/h3-8,10H,1-2H3,(H2,22,25)(H,24,26)/t19-/m0/s1. The number of amides is 1. The second kappa shape index (κ2) is 7.09. The fourth-order valence-corrected chi connectivity index (χ4v) is 3.10. The van der Waals surface area contributed by atoms with Gasteiger partial charge in [0.1, 0.15) is 23.1 Å². The Balaban J connectivity index is 1.90. The van der Waals surface area contributed by atoms with Gasteiger partial charge in [-0.25, -0.2) is 9.98 Å². The molecule has 1 atom stereocenters. The number of hydrogen-bond acceptors (Lipinski definition) is 6. The molecule has 0 bridgehead atoms. The van der Waals surface area contributed by atoms with Crippen LogP contribution in [-0.4, -0.2) is 16.9 Å². The number of hydrogen-bond donors (Lipinski definition) is 2. The summed E-state index contributed by atoms with van der Waals surface area (Å²) in [6.45, 7) is 3.62. The number of carbonyl (C=O) groups excluding carboxylic acids is 1. The van der Waals surface area contributed by atoms with E-state index in [1.54, 1.807) is 31.2 Å². The van der Waals surface area contributed by atoms with Gasteiger partial charge in [-0.05, 0) is 50.3 Å². The third kappa shape index (κ3) is 3.91. The summed E-state index contributed by atoms with van der Waals surface area (Å²) in [5.41, 5.74) is 6.70. The Labute approximate surface area is 161 Å². The molecule has 3 N–H and O–H groups in total. The number of anilines is 1. The minimum Gasteiger partial charge on any atom is -0.431 e. The van der Waals surface area contributed by atoms with Crippen LogP contribution in [0.3, 0.4) is 0 Å². The van der Waals surface area contributed by atoms with E-state index in [0.29, 0.717) is 27.6 Å². The van der Waals surface area contributed by atoms with E-state index < -0.39 is 11.4 Å². The third-order valence-electron chi connectivity index (χ3n) is 3.99. The molecule has 27 heavy (non-hydrogen) atoms. The van der Waals surface area contributed by atoms with Crippen molar-refractivity contribution >= 4 is 29.2 Å². The second-order valence-electron chi connectivity index (χ2n) is 6.15. The zero-order valence-corrected chi connectivity index (χ0v) is 15.4. The average Bonchev–Trinajstić information content (AvgIpc) is 2.62. The van der Waals surface area contributed by atoms with Gasteiger partial charge in [-0.15, -0.1) is 0 Å². The smallest absolute Gasteiger partial charge is 0.288 e. The van der Waals surface area contributed by atoms with Crippen molar-refractivity contribution < 1.29 is 9.53 Å². The lowest BCUT2D eigenvalue weighted by molar-refractivity contribution is 0.102. The van der Waals surface area contributed by atoms with Crippen LogP contribution in [0.4, 0.5) is 5.69 Å². The number of halogens is 1. The Morgan fingerprint density at radius 1 is 1.37 bits per heavy atom. The maximum absolute atomic E-state index is 12.4. The largest absolute Gasteiger partial charge is 0.431 e. The molecule has 0 spiro atoms. The van der Waals surface area contributed by atoms with Crippen LogP contribution in [-0.2, 0) is 10.3 Å². The fraction of sp³-hybridized carbons (Fsp3) is 0.158. The number of pyridine rings is 1. The lowest BCUT2D eigenvalue weighted by Gasteiger charge is -2.28. The Kier molecular flexibility index (Phi) is 4.84. The maximum Gasteiger partial charge on any atom is 0.288 e. The van der Waals surface area contributed by atoms with E-state index in [0.717, 1.165) is 0 Å². The highest BCUT2D eigenvalue weighted by atomic mass is 35.5. The van der Waals surface area contributed by atoms with E-state index in [4.69, 9.17) is 27.3 Å². The first-order valence-corrected chi connectivity index (χ1v) is 8.39. The topological polar surface area (TPSA) is 113 Å². The zero-order chi connectivity index (χ0) is 19.6. The number of nitrogens with one attached hydrogen (secondary N) is 1. The van der Waals surface area contributed by atoms with Gasteiger partial charge >= 0.3 is 0 Å². The Bertz CT molecular complexity index is 988. The highest BCUT2D eigenvalue weighted by Crippen LogP contribution is 2.37. The highest BCUT2D eigenvalue weighted by Gasteiger charge is 2.30. The van der Waals surface area contributed by atoms with Gasteiger partial charge in [-0.1, -0.05) is 11.6 Å². The number of nitriles is 1. The molecule has 1 aliphatic rings. The van der Waals surface area contributed by atoms with Crippen LogP contribution in [0.2, 0.25) is 5.02 Å². The Morgan fingerprint density at radius 2 is 2.15 bits per heavy atom. The van der Waals surface area contributed by atoms with Crippen molar-refractivity contribution in [2.45, 2.75) is 19.4 Å². The normalized spacial score (nSPS) is 18.6. The van der Waals surface area contributed by atoms with Gasteiger partial charge < -0.3 is 15.8 Å². The first kappa shape index (κ1) is 18.4. The van der Waals surface area contributed by atoms with E-state index in [1.165, 1.54) is 18.3 Å². The van der Waals surface area contributed by atoms with Crippen LogP contribution in [0.25, 0.3) is 0 Å². The van der Waals surface area contributed by atoms with E-state index in [1.807, 2.05) is 13.0 Å². The predicted molar refractivity (Wildman–Crippen MR) is 102 cm³/mol. The molecule has 0 aliphatic carbocycles. The predicted octanol–water partition coefficient (Wildman–Crippen LogP) is 3.32. The molecule has 2 heterocycles. The Morgan fingerprint density at radius 3 is 2.78 bits per heavy atom. The first-order valence-electron chi connectivity index (χ1n) is 8.01. The molecule has 1 aromatic heterocycles. The minimum atomic E-state index is -0.822. The van der Waals surface area contributed by atoms with Crippen molar-refractivity contribution in [2.24, 2.45) is 10.7 Å². The number of nitrogens with zero attached hydrogens (tertiary/aromatic N) is 3. The number of nitrogens with two attached hydrogens (primary N) is 1. The summed E-state index contributed by atoms with van der Waals surface area (Å²) in [6, 6.07) is 10.1. The first-order chi connectivity index (χ1) is 12.8. The molecule has 2 aromatic rings. The van der Waals surface area contributed by atoms with Crippen molar-refractivity contribution in [3.63, 3.8) is 0 Å². The number of benzene rings is 1. The molecule has 1 amide bonds. The monoisotopic (exact) mass is 381 g/mol. The number of ether oxygens (including phenoxy) is 1. The fourth-order valence-electron chi connectivity index (χ4n) is 2.79. The van der Waals surface area contributed by atoms with Crippen molar-refractivity contribution in [3.8, 4) is 6.07 Å². The molecule has 136 valence electrons. The van der Waals surface area contributed by atoms with Crippen LogP contribution in [0.5, 0.6) is 0 Å². The molecule has 0 saturated heterocycles. The van der Waals surface area contributed by atoms with Crippen molar-refractivity contribution in [3.05, 3.63) is 70.2 Å². The quantitative estimate of drug-likeness (QED) is 0.846. The summed E-state index contributed by atoms with van der Waals surface area (Å²) in [6.07, 6.45) is 3.15. The van der Waals surface area contributed by atoms with Gasteiger partial charge in [-0.3, -0.25) is 4.79 Å². The number of aliphatic imine (C=N–C) groups is 1. The molecule has 8 heteroatoms.